The average molecular weight is 304 g/mol. The Morgan fingerprint density at radius 2 is 2.00 bits per heavy atom. The highest BCUT2D eigenvalue weighted by molar-refractivity contribution is 9.08. The van der Waals surface area contributed by atoms with Gasteiger partial charge in [0.15, 0.2) is 0 Å². The molecule has 1 N–H and O–H groups in total. The van der Waals surface area contributed by atoms with Crippen molar-refractivity contribution in [2.75, 3.05) is 0 Å². The first-order valence-electron chi connectivity index (χ1n) is 4.79. The molecule has 0 bridgehead atoms. The van der Waals surface area contributed by atoms with E-state index >= 15 is 0 Å². The fourth-order valence-electron chi connectivity index (χ4n) is 1.12. The van der Waals surface area contributed by atoms with Crippen molar-refractivity contribution in [3.63, 3.8) is 0 Å². The van der Waals surface area contributed by atoms with Gasteiger partial charge >= 0.3 is 0 Å². The molecular weight excluding hydrogens is 290 g/mol. The summed E-state index contributed by atoms with van der Waals surface area (Å²) in [5, 5.41) is 0.712. The molecule has 5 heteroatoms. The van der Waals surface area contributed by atoms with Crippen LogP contribution in [0.2, 0.25) is 0 Å². The smallest absolute Gasteiger partial charge is 0.207 e. The van der Waals surface area contributed by atoms with Gasteiger partial charge in [0, 0.05) is 11.4 Å². The first kappa shape index (κ1) is 13.4. The zero-order valence-corrected chi connectivity index (χ0v) is 11.4. The van der Waals surface area contributed by atoms with E-state index in [1.165, 1.54) is 0 Å². The second kappa shape index (κ2) is 5.61. The fraction of sp³-hybridized carbons (Fsp3) is 0.273. The molecule has 0 fully saturated rings. The molecule has 0 aliphatic rings. The van der Waals surface area contributed by atoms with Crippen molar-refractivity contribution >= 4 is 26.0 Å². The molecule has 1 unspecified atom stereocenters. The van der Waals surface area contributed by atoms with Gasteiger partial charge in [0.05, 0.1) is 4.90 Å². The van der Waals surface area contributed by atoms with Crippen LogP contribution in [-0.2, 0) is 15.4 Å². The maximum Gasteiger partial charge on any atom is 0.241 e. The summed E-state index contributed by atoms with van der Waals surface area (Å²) < 4.78 is 26.2. The van der Waals surface area contributed by atoms with Crippen molar-refractivity contribution in [1.82, 2.24) is 4.72 Å². The minimum absolute atomic E-state index is 0.269. The van der Waals surface area contributed by atoms with E-state index in [0.717, 1.165) is 5.56 Å². The Bertz CT molecular complexity index is 453. The molecule has 0 spiro atoms. The number of alkyl halides is 1. The van der Waals surface area contributed by atoms with E-state index in [1.54, 1.807) is 37.3 Å². The molecule has 1 aromatic carbocycles. The van der Waals surface area contributed by atoms with Crippen LogP contribution in [0.3, 0.4) is 0 Å². The van der Waals surface area contributed by atoms with Crippen molar-refractivity contribution in [1.29, 1.82) is 0 Å². The largest absolute Gasteiger partial charge is 0.241 e. The zero-order valence-electron chi connectivity index (χ0n) is 8.98. The van der Waals surface area contributed by atoms with Crippen LogP contribution in [0, 0.1) is 0 Å². The normalized spacial score (nSPS) is 13.4. The summed E-state index contributed by atoms with van der Waals surface area (Å²) in [6.45, 7) is 5.27. The Hall–Kier alpha value is -0.650. The Labute approximate surface area is 105 Å². The summed E-state index contributed by atoms with van der Waals surface area (Å²) in [6.07, 6.45) is 1.55. The van der Waals surface area contributed by atoms with E-state index in [1.807, 2.05) is 0 Å². The van der Waals surface area contributed by atoms with Crippen LogP contribution in [-0.4, -0.2) is 14.5 Å². The molecule has 0 amide bonds. The topological polar surface area (TPSA) is 46.2 Å². The molecule has 0 heterocycles. The van der Waals surface area contributed by atoms with Gasteiger partial charge in [-0.15, -0.1) is 6.58 Å². The predicted octanol–water partition coefficient (Wildman–Crippen LogP) is 2.43. The van der Waals surface area contributed by atoms with Gasteiger partial charge in [0.2, 0.25) is 10.0 Å². The Morgan fingerprint density at radius 1 is 1.44 bits per heavy atom. The van der Waals surface area contributed by atoms with Crippen LogP contribution in [0.1, 0.15) is 12.5 Å². The van der Waals surface area contributed by atoms with Crippen LogP contribution in [0.15, 0.2) is 41.8 Å². The number of nitrogens with one attached hydrogen (secondary N) is 1. The lowest BCUT2D eigenvalue weighted by Gasteiger charge is -2.10. The first-order chi connectivity index (χ1) is 7.49. The zero-order chi connectivity index (χ0) is 12.2. The SMILES string of the molecule is C=CC(C)NS(=O)(=O)c1ccc(CBr)cc1. The van der Waals surface area contributed by atoms with Gasteiger partial charge in [0.1, 0.15) is 0 Å². The molecule has 88 valence electrons. The van der Waals surface area contributed by atoms with Gasteiger partial charge in [-0.2, -0.15) is 0 Å². The second-order valence-corrected chi connectivity index (χ2v) is 5.70. The van der Waals surface area contributed by atoms with Crippen LogP contribution < -0.4 is 4.72 Å². The molecule has 0 aliphatic carbocycles. The lowest BCUT2D eigenvalue weighted by Crippen LogP contribution is -2.30. The molecule has 1 aromatic rings. The lowest BCUT2D eigenvalue weighted by molar-refractivity contribution is 0.576. The predicted molar refractivity (Wildman–Crippen MR) is 69.1 cm³/mol. The minimum atomic E-state index is -3.43. The third-order valence-corrected chi connectivity index (χ3v) is 4.30. The summed E-state index contributed by atoms with van der Waals surface area (Å²) in [7, 11) is -3.43. The first-order valence-corrected chi connectivity index (χ1v) is 7.40. The Morgan fingerprint density at radius 3 is 2.44 bits per heavy atom. The van der Waals surface area contributed by atoms with Crippen LogP contribution in [0.4, 0.5) is 0 Å². The van der Waals surface area contributed by atoms with E-state index in [0.29, 0.717) is 5.33 Å². The third-order valence-electron chi connectivity index (χ3n) is 2.08. The van der Waals surface area contributed by atoms with E-state index in [-0.39, 0.29) is 10.9 Å². The molecule has 0 aromatic heterocycles. The van der Waals surface area contributed by atoms with Crippen molar-refractivity contribution < 1.29 is 8.42 Å². The number of hydrogen-bond donors (Lipinski definition) is 1. The highest BCUT2D eigenvalue weighted by Gasteiger charge is 2.15. The molecule has 0 saturated heterocycles. The van der Waals surface area contributed by atoms with Gasteiger partial charge in [-0.05, 0) is 24.6 Å². The van der Waals surface area contributed by atoms with Crippen molar-refractivity contribution in [2.45, 2.75) is 23.2 Å². The number of hydrogen-bond acceptors (Lipinski definition) is 2. The van der Waals surface area contributed by atoms with E-state index in [9.17, 15) is 8.42 Å². The highest BCUT2D eigenvalue weighted by Crippen LogP contribution is 2.12. The Kier molecular flexibility index (Phi) is 4.70. The molecule has 1 rings (SSSR count). The third kappa shape index (κ3) is 3.43. The number of sulfonamides is 1. The molecule has 3 nitrogen and oxygen atoms in total. The van der Waals surface area contributed by atoms with Crippen LogP contribution >= 0.6 is 15.9 Å². The summed E-state index contributed by atoms with van der Waals surface area (Å²) in [6, 6.07) is 6.47. The second-order valence-electron chi connectivity index (χ2n) is 3.42. The monoisotopic (exact) mass is 303 g/mol. The molecule has 1 atom stereocenters. The number of rotatable bonds is 5. The van der Waals surface area contributed by atoms with E-state index < -0.39 is 10.0 Å². The molecule has 0 radical (unpaired) electrons. The van der Waals surface area contributed by atoms with Crippen molar-refractivity contribution in [2.24, 2.45) is 0 Å². The highest BCUT2D eigenvalue weighted by atomic mass is 79.9. The maximum absolute atomic E-state index is 11.8. The maximum atomic E-state index is 11.8. The summed E-state index contributed by atoms with van der Waals surface area (Å²) >= 11 is 3.31. The van der Waals surface area contributed by atoms with Gasteiger partial charge in [-0.1, -0.05) is 34.1 Å². The minimum Gasteiger partial charge on any atom is -0.207 e. The van der Waals surface area contributed by atoms with Gasteiger partial charge in [-0.25, -0.2) is 13.1 Å². The van der Waals surface area contributed by atoms with Crippen molar-refractivity contribution in [3.05, 3.63) is 42.5 Å². The average Bonchev–Trinajstić information content (AvgIpc) is 2.28. The molecule has 0 saturated carbocycles. The molecule has 16 heavy (non-hydrogen) atoms. The lowest BCUT2D eigenvalue weighted by atomic mass is 10.2. The van der Waals surface area contributed by atoms with Crippen LogP contribution in [0.25, 0.3) is 0 Å². The van der Waals surface area contributed by atoms with Crippen LogP contribution in [0.5, 0.6) is 0 Å². The quantitative estimate of drug-likeness (QED) is 0.671. The fourth-order valence-corrected chi connectivity index (χ4v) is 2.71. The standard InChI is InChI=1S/C11H14BrNO2S/c1-3-9(2)13-16(14,15)11-6-4-10(8-12)5-7-11/h3-7,9,13H,1,8H2,2H3. The summed E-state index contributed by atoms with van der Waals surface area (Å²) in [5.74, 6) is 0. The van der Waals surface area contributed by atoms with E-state index in [4.69, 9.17) is 0 Å². The van der Waals surface area contributed by atoms with Gasteiger partial charge in [0.25, 0.3) is 0 Å². The molecular formula is C11H14BrNO2S. The van der Waals surface area contributed by atoms with Gasteiger partial charge < -0.3 is 0 Å². The Balaban J connectivity index is 2.94. The van der Waals surface area contributed by atoms with Gasteiger partial charge in [-0.3, -0.25) is 0 Å². The van der Waals surface area contributed by atoms with E-state index in [2.05, 4.69) is 27.2 Å². The summed E-state index contributed by atoms with van der Waals surface area (Å²) in [4.78, 5) is 0.269. The molecule has 0 aliphatic heterocycles. The number of benzene rings is 1. The number of halogens is 1. The van der Waals surface area contributed by atoms with Crippen molar-refractivity contribution in [3.8, 4) is 0 Å². The summed E-state index contributed by atoms with van der Waals surface area (Å²) in [5.41, 5.74) is 1.04.